The van der Waals surface area contributed by atoms with E-state index in [0.717, 1.165) is 21.4 Å². The lowest BCUT2D eigenvalue weighted by molar-refractivity contribution is -0.148. The molecule has 10 nitrogen and oxygen atoms in total. The number of fused-ring (bicyclic) bond motifs is 1. The summed E-state index contributed by atoms with van der Waals surface area (Å²) in [5, 5.41) is 14.7. The first kappa shape index (κ1) is 33.1. The molecule has 2 unspecified atom stereocenters. The normalized spacial score (nSPS) is 17.6. The molecular weight excluding hydrogens is 609 g/mol. The van der Waals surface area contributed by atoms with E-state index in [9.17, 15) is 27.8 Å². The molecule has 1 amide bonds. The Balaban J connectivity index is 1.25. The lowest BCUT2D eigenvalue weighted by Crippen LogP contribution is -2.60. The number of benzene rings is 3. The fourth-order valence-electron chi connectivity index (χ4n) is 5.85. The predicted octanol–water partition coefficient (Wildman–Crippen LogP) is 4.61. The molecule has 0 spiro atoms. The molecule has 3 N–H and O–H groups in total. The third-order valence-electron chi connectivity index (χ3n) is 8.24. The number of hydrogen-bond donors (Lipinski definition) is 3. The second-order valence-electron chi connectivity index (χ2n) is 12.3. The Morgan fingerprint density at radius 1 is 1.02 bits per heavy atom. The van der Waals surface area contributed by atoms with Gasteiger partial charge in [-0.3, -0.25) is 14.1 Å². The molecule has 2 heterocycles. The van der Waals surface area contributed by atoms with Crippen LogP contribution < -0.4 is 10.2 Å². The highest BCUT2D eigenvalue weighted by Crippen LogP contribution is 2.33. The van der Waals surface area contributed by atoms with E-state index in [2.05, 4.69) is 22.1 Å². The van der Waals surface area contributed by atoms with E-state index in [1.54, 1.807) is 42.0 Å². The number of aliphatic carboxylic acids is 1. The van der Waals surface area contributed by atoms with Crippen molar-refractivity contribution in [1.29, 1.82) is 0 Å². The summed E-state index contributed by atoms with van der Waals surface area (Å²) in [6, 6.07) is 18.4. The molecule has 242 valence electrons. The summed E-state index contributed by atoms with van der Waals surface area (Å²) in [6.45, 7) is 9.41. The zero-order chi connectivity index (χ0) is 33.2. The third kappa shape index (κ3) is 7.24. The maximum absolute atomic E-state index is 13.8. The van der Waals surface area contributed by atoms with Gasteiger partial charge in [-0.15, -0.1) is 4.41 Å². The minimum atomic E-state index is -2.46. The summed E-state index contributed by atoms with van der Waals surface area (Å²) in [5.74, 6) is 4.33. The molecule has 12 heteroatoms. The summed E-state index contributed by atoms with van der Waals surface area (Å²) in [6.07, 6.45) is 0. The topological polar surface area (TPSA) is 117 Å². The summed E-state index contributed by atoms with van der Waals surface area (Å²) in [5.41, 5.74) is 3.69. The Morgan fingerprint density at radius 2 is 1.67 bits per heavy atom. The molecule has 0 radical (unpaired) electrons. The van der Waals surface area contributed by atoms with Gasteiger partial charge in [0, 0.05) is 55.2 Å². The number of carboxylic acids is 1. The number of carboxylic acid groups (broad SMARTS) is 1. The Bertz CT molecular complexity index is 1700. The van der Waals surface area contributed by atoms with Crippen LogP contribution in [-0.2, 0) is 22.6 Å². The van der Waals surface area contributed by atoms with Crippen LogP contribution in [0.25, 0.3) is 0 Å². The van der Waals surface area contributed by atoms with Gasteiger partial charge in [-0.25, -0.2) is 13.6 Å². The first-order valence-corrected chi connectivity index (χ1v) is 16.1. The van der Waals surface area contributed by atoms with Crippen LogP contribution in [0.2, 0.25) is 0 Å². The number of rotatable bonds is 8. The first-order chi connectivity index (χ1) is 21.8. The van der Waals surface area contributed by atoms with E-state index < -0.39 is 28.9 Å². The second-order valence-corrected chi connectivity index (χ2v) is 13.1. The van der Waals surface area contributed by atoms with Gasteiger partial charge in [0.25, 0.3) is 5.91 Å². The number of hydrogen-bond acceptors (Lipinski definition) is 6. The molecule has 2 aliphatic rings. The average Bonchev–Trinajstić information content (AvgIpc) is 3.01. The van der Waals surface area contributed by atoms with E-state index in [-0.39, 0.29) is 24.2 Å². The molecule has 1 saturated heterocycles. The highest BCUT2D eigenvalue weighted by molar-refractivity contribution is 7.76. The van der Waals surface area contributed by atoms with Gasteiger partial charge < -0.3 is 20.2 Å². The number of hydrazine groups is 1. The Kier molecular flexibility index (Phi) is 9.79. The molecule has 3 aromatic carbocycles. The van der Waals surface area contributed by atoms with Gasteiger partial charge in [-0.1, -0.05) is 37.8 Å². The first-order valence-electron chi connectivity index (χ1n) is 15.1. The minimum absolute atomic E-state index is 0.160. The van der Waals surface area contributed by atoms with E-state index in [1.165, 1.54) is 12.1 Å². The predicted molar refractivity (Wildman–Crippen MR) is 175 cm³/mol. The van der Waals surface area contributed by atoms with Gasteiger partial charge in [0.1, 0.15) is 17.5 Å². The molecule has 0 aliphatic carbocycles. The number of nitrogens with one attached hydrogen (secondary N) is 1. The number of carbonyl (C=O) groups excluding carboxylic acids is 1. The average molecular weight is 648 g/mol. The monoisotopic (exact) mass is 647 g/mol. The third-order valence-corrected chi connectivity index (χ3v) is 9.02. The largest absolute Gasteiger partial charge is 0.480 e. The molecule has 2 aliphatic heterocycles. The fraction of sp³-hybridized carbons (Fsp3) is 0.353. The lowest BCUT2D eigenvalue weighted by atomic mass is 9.99. The Labute approximate surface area is 271 Å². The smallest absolute Gasteiger partial charge is 0.323 e. The van der Waals surface area contributed by atoms with Gasteiger partial charge >= 0.3 is 5.97 Å². The second kappa shape index (κ2) is 13.6. The standard InChI is InChI=1S/C34H38FN5O5S/c1-23(2)31(33(42)43)40(46(44)45)38-18-16-37(17-19-38)28-13-10-24(11-14-28)8-9-25-12-15-30-29(21-25)32(41)39(34(3,4)36-30)22-26-6-5-7-27(35)20-26/h5-7,10-15,20-21,23,31,36H,16-19,22H2,1-4H3,(H,42,43)(H,44,45). The molecule has 1 fully saturated rings. The highest BCUT2D eigenvalue weighted by atomic mass is 32.2. The lowest BCUT2D eigenvalue weighted by Gasteiger charge is -2.44. The summed E-state index contributed by atoms with van der Waals surface area (Å²) < 4.78 is 36.8. The molecule has 5 rings (SSSR count). The summed E-state index contributed by atoms with van der Waals surface area (Å²) >= 11 is -2.46. The van der Waals surface area contributed by atoms with Gasteiger partial charge in [-0.2, -0.15) is 0 Å². The zero-order valence-corrected chi connectivity index (χ0v) is 27.1. The van der Waals surface area contributed by atoms with Gasteiger partial charge in [0.15, 0.2) is 0 Å². The van der Waals surface area contributed by atoms with Crippen LogP contribution >= 0.6 is 0 Å². The van der Waals surface area contributed by atoms with Crippen LogP contribution in [0, 0.1) is 23.6 Å². The molecule has 0 saturated carbocycles. The molecule has 3 aromatic rings. The van der Waals surface area contributed by atoms with E-state index in [4.69, 9.17) is 0 Å². The maximum atomic E-state index is 13.8. The quantitative estimate of drug-likeness (QED) is 0.240. The Hall–Kier alpha value is -4.28. The summed E-state index contributed by atoms with van der Waals surface area (Å²) in [4.78, 5) is 29.2. The Morgan fingerprint density at radius 3 is 2.28 bits per heavy atom. The van der Waals surface area contributed by atoms with Crippen molar-refractivity contribution in [2.24, 2.45) is 5.92 Å². The molecule has 0 bridgehead atoms. The SMILES string of the molecule is CC(C)C(C(=O)O)N(N1CCN(c2ccc(C#Cc3ccc4c(c3)C(=O)N(Cc3cccc(F)c3)C(C)(C)N4)cc2)CC1)S(=O)O. The van der Waals surface area contributed by atoms with Crippen LogP contribution in [-0.4, -0.2) is 78.0 Å². The van der Waals surface area contributed by atoms with Gasteiger partial charge in [0.2, 0.25) is 11.3 Å². The van der Waals surface area contributed by atoms with Gasteiger partial charge in [0.05, 0.1) is 5.56 Å². The number of anilines is 2. The van der Waals surface area contributed by atoms with Crippen molar-refractivity contribution in [2.45, 2.75) is 45.9 Å². The fourth-order valence-corrected chi connectivity index (χ4v) is 6.74. The molecule has 0 aromatic heterocycles. The highest BCUT2D eigenvalue weighted by Gasteiger charge is 2.39. The van der Waals surface area contributed by atoms with Crippen molar-refractivity contribution in [1.82, 2.24) is 14.3 Å². The number of carbonyl (C=O) groups is 2. The maximum Gasteiger partial charge on any atom is 0.323 e. The van der Waals surface area contributed by atoms with Crippen LogP contribution in [0.5, 0.6) is 0 Å². The van der Waals surface area contributed by atoms with Crippen LogP contribution in [0.4, 0.5) is 15.8 Å². The van der Waals surface area contributed by atoms with E-state index >= 15 is 0 Å². The number of amides is 1. The van der Waals surface area contributed by atoms with Crippen molar-refractivity contribution < 1.29 is 27.8 Å². The van der Waals surface area contributed by atoms with Crippen LogP contribution in [0.3, 0.4) is 0 Å². The van der Waals surface area contributed by atoms with Crippen molar-refractivity contribution in [3.63, 3.8) is 0 Å². The van der Waals surface area contributed by atoms with Crippen LogP contribution in [0.15, 0.2) is 66.7 Å². The van der Waals surface area contributed by atoms with Crippen molar-refractivity contribution in [2.75, 3.05) is 36.4 Å². The molecular formula is C34H38FN5O5S. The van der Waals surface area contributed by atoms with Crippen molar-refractivity contribution >= 4 is 34.5 Å². The van der Waals surface area contributed by atoms with E-state index in [0.29, 0.717) is 42.9 Å². The van der Waals surface area contributed by atoms with Gasteiger partial charge in [-0.05, 0) is 79.9 Å². The molecule has 46 heavy (non-hydrogen) atoms. The van der Waals surface area contributed by atoms with E-state index in [1.807, 2.05) is 50.2 Å². The summed E-state index contributed by atoms with van der Waals surface area (Å²) in [7, 11) is 0. The van der Waals surface area contributed by atoms with Crippen molar-refractivity contribution in [3.8, 4) is 11.8 Å². The van der Waals surface area contributed by atoms with Crippen LogP contribution in [0.1, 0.15) is 54.7 Å². The minimum Gasteiger partial charge on any atom is -0.480 e. The zero-order valence-electron chi connectivity index (χ0n) is 26.2. The molecule has 2 atom stereocenters. The number of piperazine rings is 1. The van der Waals surface area contributed by atoms with Crippen molar-refractivity contribution in [3.05, 3.63) is 94.8 Å². The number of halogens is 1. The number of nitrogens with zero attached hydrogens (tertiary/aromatic N) is 4.